The van der Waals surface area contributed by atoms with E-state index in [4.69, 9.17) is 15.0 Å². The molecule has 0 saturated carbocycles. The fraction of sp³-hybridized carbons (Fsp3) is 0. The van der Waals surface area contributed by atoms with Crippen molar-refractivity contribution in [1.29, 1.82) is 21.0 Å². The molecular weight excluding hydrogens is 687 g/mol. The largest absolute Gasteiger partial charge is 0.247 e. The van der Waals surface area contributed by atoms with E-state index in [2.05, 4.69) is 48.5 Å². The maximum Gasteiger partial charge on any atom is 0.0992 e. The van der Waals surface area contributed by atoms with Gasteiger partial charge in [0.1, 0.15) is 0 Å². The van der Waals surface area contributed by atoms with Crippen LogP contribution in [0.2, 0.25) is 0 Å². The lowest BCUT2D eigenvalue weighted by Crippen LogP contribution is -2.00. The third kappa shape index (κ3) is 5.82. The highest BCUT2D eigenvalue weighted by Crippen LogP contribution is 2.43. The number of nitriles is 4. The van der Waals surface area contributed by atoms with Gasteiger partial charge in [0.2, 0.25) is 0 Å². The molecule has 0 aliphatic rings. The summed E-state index contributed by atoms with van der Waals surface area (Å²) in [5.41, 5.74) is 12.2. The van der Waals surface area contributed by atoms with Crippen molar-refractivity contribution < 1.29 is 0 Å². The Bertz CT molecular complexity index is 3160. The minimum absolute atomic E-state index is 0.425. The molecule has 2 heterocycles. The van der Waals surface area contributed by atoms with Crippen molar-refractivity contribution >= 4 is 32.7 Å². The van der Waals surface area contributed by atoms with Crippen molar-refractivity contribution in [3.8, 4) is 80.3 Å². The van der Waals surface area contributed by atoms with Gasteiger partial charge in [-0.1, -0.05) is 97.1 Å². The van der Waals surface area contributed by atoms with Gasteiger partial charge < -0.3 is 0 Å². The Morgan fingerprint density at radius 3 is 1.43 bits per heavy atom. The Hall–Kier alpha value is -8.49. The molecule has 0 saturated heterocycles. The van der Waals surface area contributed by atoms with E-state index in [1.54, 1.807) is 42.5 Å². The lowest BCUT2D eigenvalue weighted by molar-refractivity contribution is 1.30. The second-order valence-electron chi connectivity index (χ2n) is 13.3. The normalized spacial score (nSPS) is 10.8. The first kappa shape index (κ1) is 33.4. The van der Waals surface area contributed by atoms with Gasteiger partial charge in [0.05, 0.1) is 80.2 Å². The van der Waals surface area contributed by atoms with Crippen molar-refractivity contribution in [3.05, 3.63) is 174 Å². The van der Waals surface area contributed by atoms with E-state index in [0.29, 0.717) is 44.7 Å². The standard InChI is InChI=1S/C49H25N7/c50-26-30-10-14-37(15-11-30)46-47(38-16-12-31(27-51)13-17-38)56-49-44-40-8-4-5-9-43(40)54-45(42(44)25-41(48(49)55-46)35-6-2-1-3-7-35)36-20-18-34(19-21-36)39-23-32(28-52)22-33(24-39)29-53/h1-25H. The predicted molar refractivity (Wildman–Crippen MR) is 218 cm³/mol. The molecule has 0 fully saturated rings. The number of hydrogen-bond donors (Lipinski definition) is 0. The molecule has 0 radical (unpaired) electrons. The van der Waals surface area contributed by atoms with Crippen LogP contribution in [0.15, 0.2) is 152 Å². The van der Waals surface area contributed by atoms with Gasteiger partial charge in [-0.25, -0.2) is 15.0 Å². The van der Waals surface area contributed by atoms with E-state index in [1.807, 2.05) is 84.9 Å². The van der Waals surface area contributed by atoms with Crippen LogP contribution in [0.4, 0.5) is 0 Å². The molecule has 0 bridgehead atoms. The minimum atomic E-state index is 0.425. The van der Waals surface area contributed by atoms with Crippen molar-refractivity contribution in [2.75, 3.05) is 0 Å². The Balaban J connectivity index is 1.37. The monoisotopic (exact) mass is 711 g/mol. The summed E-state index contributed by atoms with van der Waals surface area (Å²) in [4.78, 5) is 16.2. The summed E-state index contributed by atoms with van der Waals surface area (Å²) in [6, 6.07) is 56.9. The fourth-order valence-corrected chi connectivity index (χ4v) is 7.24. The number of benzene rings is 7. The Labute approximate surface area is 321 Å². The van der Waals surface area contributed by atoms with Gasteiger partial charge >= 0.3 is 0 Å². The van der Waals surface area contributed by atoms with Crippen molar-refractivity contribution in [2.24, 2.45) is 0 Å². The number of rotatable bonds is 5. The van der Waals surface area contributed by atoms with Crippen LogP contribution in [0.5, 0.6) is 0 Å². The highest BCUT2D eigenvalue weighted by Gasteiger charge is 2.22. The quantitative estimate of drug-likeness (QED) is 0.162. The van der Waals surface area contributed by atoms with Gasteiger partial charge in [-0.15, -0.1) is 0 Å². The average molecular weight is 712 g/mol. The number of fused-ring (bicyclic) bond motifs is 5. The Morgan fingerprint density at radius 2 is 0.839 bits per heavy atom. The number of hydrogen-bond acceptors (Lipinski definition) is 7. The highest BCUT2D eigenvalue weighted by molar-refractivity contribution is 6.24. The summed E-state index contributed by atoms with van der Waals surface area (Å²) in [5, 5.41) is 41.0. The smallest absolute Gasteiger partial charge is 0.0992 e. The van der Waals surface area contributed by atoms with E-state index in [0.717, 1.165) is 66.3 Å². The molecule has 7 nitrogen and oxygen atoms in total. The van der Waals surface area contributed by atoms with E-state index in [1.165, 1.54) is 0 Å². The molecule has 0 aliphatic heterocycles. The van der Waals surface area contributed by atoms with Crippen LogP contribution in [0, 0.1) is 45.3 Å². The van der Waals surface area contributed by atoms with Gasteiger partial charge in [0.15, 0.2) is 0 Å². The molecule has 0 N–H and O–H groups in total. The molecular formula is C49H25N7. The van der Waals surface area contributed by atoms with E-state index in [-0.39, 0.29) is 0 Å². The molecule has 256 valence electrons. The molecule has 2 aromatic heterocycles. The van der Waals surface area contributed by atoms with E-state index < -0.39 is 0 Å². The van der Waals surface area contributed by atoms with Crippen LogP contribution in [-0.4, -0.2) is 15.0 Å². The molecule has 7 aromatic carbocycles. The number of pyridine rings is 1. The Morgan fingerprint density at radius 1 is 0.339 bits per heavy atom. The summed E-state index contributed by atoms with van der Waals surface area (Å²) >= 11 is 0. The summed E-state index contributed by atoms with van der Waals surface area (Å²) in [6.07, 6.45) is 0. The molecule has 0 aliphatic carbocycles. The van der Waals surface area contributed by atoms with Crippen LogP contribution < -0.4 is 0 Å². The fourth-order valence-electron chi connectivity index (χ4n) is 7.24. The Kier molecular flexibility index (Phi) is 8.23. The maximum atomic E-state index is 9.59. The topological polar surface area (TPSA) is 134 Å². The number of para-hydroxylation sites is 1. The van der Waals surface area contributed by atoms with Gasteiger partial charge in [-0.3, -0.25) is 0 Å². The van der Waals surface area contributed by atoms with Crippen LogP contribution in [0.25, 0.3) is 88.7 Å². The molecule has 0 spiro atoms. The van der Waals surface area contributed by atoms with E-state index >= 15 is 0 Å². The predicted octanol–water partition coefficient (Wildman–Crippen LogP) is 11.2. The molecule has 9 aromatic rings. The number of aromatic nitrogens is 3. The summed E-state index contributed by atoms with van der Waals surface area (Å²) in [6.45, 7) is 0. The second kappa shape index (κ2) is 13.8. The van der Waals surface area contributed by atoms with Gasteiger partial charge in [-0.2, -0.15) is 21.0 Å². The molecule has 9 rings (SSSR count). The van der Waals surface area contributed by atoms with Crippen molar-refractivity contribution in [2.45, 2.75) is 0 Å². The van der Waals surface area contributed by atoms with Crippen molar-refractivity contribution in [1.82, 2.24) is 15.0 Å². The molecule has 0 atom stereocenters. The lowest BCUT2D eigenvalue weighted by Gasteiger charge is -2.18. The third-order valence-corrected chi connectivity index (χ3v) is 9.95. The SMILES string of the molecule is N#Cc1ccc(-c2nc3c(-c4ccccc4)cc4c(-c5ccc(-c6cc(C#N)cc(C#N)c6)cc5)nc5ccccc5c4c3nc2-c2ccc(C#N)cc2)cc1. The zero-order chi connectivity index (χ0) is 38.2. The first-order valence-electron chi connectivity index (χ1n) is 17.7. The van der Waals surface area contributed by atoms with Gasteiger partial charge in [-0.05, 0) is 71.3 Å². The number of nitrogens with zero attached hydrogens (tertiary/aromatic N) is 7. The minimum Gasteiger partial charge on any atom is -0.247 e. The molecule has 7 heteroatoms. The third-order valence-electron chi connectivity index (χ3n) is 9.95. The zero-order valence-corrected chi connectivity index (χ0v) is 29.6. The first-order valence-corrected chi connectivity index (χ1v) is 17.7. The van der Waals surface area contributed by atoms with Crippen LogP contribution in [0.3, 0.4) is 0 Å². The van der Waals surface area contributed by atoms with E-state index in [9.17, 15) is 21.0 Å². The van der Waals surface area contributed by atoms with Gasteiger partial charge in [0, 0.05) is 38.4 Å². The second-order valence-corrected chi connectivity index (χ2v) is 13.3. The first-order chi connectivity index (χ1) is 27.5. The van der Waals surface area contributed by atoms with Gasteiger partial charge in [0.25, 0.3) is 0 Å². The highest BCUT2D eigenvalue weighted by atomic mass is 14.8. The summed E-state index contributed by atoms with van der Waals surface area (Å²) in [7, 11) is 0. The molecule has 0 amide bonds. The van der Waals surface area contributed by atoms with Crippen LogP contribution >= 0.6 is 0 Å². The molecule has 0 unspecified atom stereocenters. The zero-order valence-electron chi connectivity index (χ0n) is 29.6. The maximum absolute atomic E-state index is 9.59. The average Bonchev–Trinajstić information content (AvgIpc) is 3.28. The molecule has 56 heavy (non-hydrogen) atoms. The van der Waals surface area contributed by atoms with Crippen molar-refractivity contribution in [3.63, 3.8) is 0 Å². The van der Waals surface area contributed by atoms with Crippen LogP contribution in [-0.2, 0) is 0 Å². The summed E-state index contributed by atoms with van der Waals surface area (Å²) < 4.78 is 0. The lowest BCUT2D eigenvalue weighted by atomic mass is 9.92. The summed E-state index contributed by atoms with van der Waals surface area (Å²) in [5.74, 6) is 0. The van der Waals surface area contributed by atoms with Crippen LogP contribution in [0.1, 0.15) is 22.3 Å².